The molecule has 0 saturated carbocycles. The summed E-state index contributed by atoms with van der Waals surface area (Å²) in [6, 6.07) is 10.6. The predicted molar refractivity (Wildman–Crippen MR) is 80.2 cm³/mol. The summed E-state index contributed by atoms with van der Waals surface area (Å²) in [6.07, 6.45) is 1.28. The van der Waals surface area contributed by atoms with E-state index in [0.717, 1.165) is 11.1 Å². The molecule has 1 N–H and O–H groups in total. The van der Waals surface area contributed by atoms with Gasteiger partial charge in [-0.15, -0.1) is 0 Å². The molecule has 0 aliphatic rings. The van der Waals surface area contributed by atoms with Gasteiger partial charge < -0.3 is 0 Å². The topological polar surface area (TPSA) is 58.5 Å². The van der Waals surface area contributed by atoms with Crippen LogP contribution in [0.1, 0.15) is 16.7 Å². The lowest BCUT2D eigenvalue weighted by atomic mass is 10.1. The van der Waals surface area contributed by atoms with Gasteiger partial charge in [0.2, 0.25) is 0 Å². The number of nitrogens with one attached hydrogen (secondary N) is 1. The number of sulfonamides is 1. The molecule has 0 aromatic heterocycles. The van der Waals surface area contributed by atoms with E-state index in [1.165, 1.54) is 30.5 Å². The maximum absolute atomic E-state index is 13.1. The smallest absolute Gasteiger partial charge is 0.207 e. The molecule has 4 nitrogen and oxygen atoms in total. The Morgan fingerprint density at radius 3 is 2.43 bits per heavy atom. The van der Waals surface area contributed by atoms with Gasteiger partial charge in [0.25, 0.3) is 10.0 Å². The summed E-state index contributed by atoms with van der Waals surface area (Å²) >= 11 is 0. The summed E-state index contributed by atoms with van der Waals surface area (Å²) < 4.78 is 37.1. The highest BCUT2D eigenvalue weighted by Crippen LogP contribution is 2.10. The lowest BCUT2D eigenvalue weighted by Gasteiger charge is -2.04. The lowest BCUT2D eigenvalue weighted by molar-refractivity contribution is 0.584. The number of hydrogen-bond donors (Lipinski definition) is 1. The van der Waals surface area contributed by atoms with E-state index in [1.807, 2.05) is 6.92 Å². The van der Waals surface area contributed by atoms with E-state index >= 15 is 0 Å². The summed E-state index contributed by atoms with van der Waals surface area (Å²) in [7, 11) is -3.71. The molecule has 2 rings (SSSR count). The predicted octanol–water partition coefficient (Wildman–Crippen LogP) is 2.75. The number of hydrogen-bond acceptors (Lipinski definition) is 3. The first-order chi connectivity index (χ1) is 9.88. The highest BCUT2D eigenvalue weighted by molar-refractivity contribution is 7.89. The van der Waals surface area contributed by atoms with Crippen LogP contribution in [0.4, 0.5) is 4.39 Å². The number of rotatable bonds is 4. The fraction of sp³-hybridized carbons (Fsp3) is 0.133. The molecule has 110 valence electrons. The van der Waals surface area contributed by atoms with Crippen LogP contribution in [0.25, 0.3) is 0 Å². The molecule has 0 amide bonds. The Bertz CT molecular complexity index is 769. The van der Waals surface area contributed by atoms with Crippen LogP contribution in [0.2, 0.25) is 0 Å². The Balaban J connectivity index is 2.16. The van der Waals surface area contributed by atoms with Crippen LogP contribution in [-0.4, -0.2) is 14.6 Å². The van der Waals surface area contributed by atoms with E-state index in [-0.39, 0.29) is 4.90 Å². The monoisotopic (exact) mass is 306 g/mol. The fourth-order valence-corrected chi connectivity index (χ4v) is 2.48. The normalized spacial score (nSPS) is 11.8. The molecular weight excluding hydrogens is 291 g/mol. The Hall–Kier alpha value is -2.21. The van der Waals surface area contributed by atoms with Gasteiger partial charge in [0.05, 0.1) is 11.1 Å². The van der Waals surface area contributed by atoms with E-state index in [2.05, 4.69) is 9.93 Å². The van der Waals surface area contributed by atoms with Crippen molar-refractivity contribution in [3.05, 3.63) is 65.0 Å². The van der Waals surface area contributed by atoms with Crippen molar-refractivity contribution in [1.82, 2.24) is 4.83 Å². The molecule has 0 aliphatic carbocycles. The minimum absolute atomic E-state index is 0.126. The van der Waals surface area contributed by atoms with Crippen molar-refractivity contribution >= 4 is 16.2 Å². The number of nitrogens with zero attached hydrogens (tertiary/aromatic N) is 1. The highest BCUT2D eigenvalue weighted by atomic mass is 32.2. The molecule has 0 spiro atoms. The zero-order chi connectivity index (χ0) is 15.5. The van der Waals surface area contributed by atoms with Gasteiger partial charge in [0.15, 0.2) is 0 Å². The summed E-state index contributed by atoms with van der Waals surface area (Å²) in [5.74, 6) is -0.400. The Kier molecular flexibility index (Phi) is 4.37. The second kappa shape index (κ2) is 6.05. The van der Waals surface area contributed by atoms with Crippen LogP contribution in [0.5, 0.6) is 0 Å². The third kappa shape index (κ3) is 3.88. The zero-order valence-electron chi connectivity index (χ0n) is 11.7. The average molecular weight is 306 g/mol. The minimum atomic E-state index is -3.71. The van der Waals surface area contributed by atoms with Crippen LogP contribution in [0.15, 0.2) is 52.5 Å². The van der Waals surface area contributed by atoms with Crippen LogP contribution in [0, 0.1) is 19.7 Å². The molecule has 2 aromatic carbocycles. The summed E-state index contributed by atoms with van der Waals surface area (Å²) in [6.45, 7) is 3.66. The maximum atomic E-state index is 13.1. The minimum Gasteiger partial charge on any atom is -0.207 e. The van der Waals surface area contributed by atoms with Crippen molar-refractivity contribution < 1.29 is 12.8 Å². The molecule has 0 fully saturated rings. The number of halogens is 1. The second-order valence-electron chi connectivity index (χ2n) is 4.67. The van der Waals surface area contributed by atoms with Gasteiger partial charge in [-0.25, -0.2) is 9.22 Å². The van der Waals surface area contributed by atoms with Crippen LogP contribution in [-0.2, 0) is 10.0 Å². The van der Waals surface area contributed by atoms with Gasteiger partial charge in [0, 0.05) is 5.56 Å². The lowest BCUT2D eigenvalue weighted by Crippen LogP contribution is -2.18. The van der Waals surface area contributed by atoms with E-state index in [4.69, 9.17) is 0 Å². The Morgan fingerprint density at radius 2 is 1.76 bits per heavy atom. The van der Waals surface area contributed by atoms with E-state index < -0.39 is 15.8 Å². The summed E-state index contributed by atoms with van der Waals surface area (Å²) in [5.41, 5.74) is 2.28. The maximum Gasteiger partial charge on any atom is 0.276 e. The first-order valence-electron chi connectivity index (χ1n) is 6.26. The molecule has 0 saturated heterocycles. The quantitative estimate of drug-likeness (QED) is 0.697. The Morgan fingerprint density at radius 1 is 1.10 bits per heavy atom. The van der Waals surface area contributed by atoms with E-state index in [9.17, 15) is 12.8 Å². The second-order valence-corrected chi connectivity index (χ2v) is 6.33. The van der Waals surface area contributed by atoms with Gasteiger partial charge in [0.1, 0.15) is 5.82 Å². The van der Waals surface area contributed by atoms with Gasteiger partial charge in [-0.1, -0.05) is 23.8 Å². The third-order valence-corrected chi connectivity index (χ3v) is 4.19. The summed E-state index contributed by atoms with van der Waals surface area (Å²) in [5, 5.41) is 3.68. The van der Waals surface area contributed by atoms with Gasteiger partial charge in [-0.05, 0) is 43.7 Å². The van der Waals surface area contributed by atoms with Crippen LogP contribution < -0.4 is 4.83 Å². The first-order valence-corrected chi connectivity index (χ1v) is 7.74. The molecule has 0 unspecified atom stereocenters. The van der Waals surface area contributed by atoms with Gasteiger partial charge in [-0.3, -0.25) is 0 Å². The van der Waals surface area contributed by atoms with Gasteiger partial charge in [-0.2, -0.15) is 13.5 Å². The van der Waals surface area contributed by atoms with Crippen molar-refractivity contribution in [2.45, 2.75) is 18.7 Å². The van der Waals surface area contributed by atoms with Crippen molar-refractivity contribution in [3.63, 3.8) is 0 Å². The third-order valence-electron chi connectivity index (χ3n) is 2.95. The van der Waals surface area contributed by atoms with Crippen LogP contribution in [0.3, 0.4) is 0 Å². The SMILES string of the molecule is Cc1ccc(S(=O)(=O)N/N=C\c2cc(F)ccc2C)cc1. The first kappa shape index (κ1) is 15.2. The number of aryl methyl sites for hydroxylation is 2. The van der Waals surface area contributed by atoms with Crippen molar-refractivity contribution in [3.8, 4) is 0 Å². The number of benzene rings is 2. The highest BCUT2D eigenvalue weighted by Gasteiger charge is 2.11. The Labute approximate surface area is 123 Å². The molecule has 21 heavy (non-hydrogen) atoms. The van der Waals surface area contributed by atoms with E-state index in [1.54, 1.807) is 25.1 Å². The van der Waals surface area contributed by atoms with Gasteiger partial charge >= 0.3 is 0 Å². The van der Waals surface area contributed by atoms with Crippen molar-refractivity contribution in [2.75, 3.05) is 0 Å². The van der Waals surface area contributed by atoms with Crippen molar-refractivity contribution in [2.24, 2.45) is 5.10 Å². The zero-order valence-corrected chi connectivity index (χ0v) is 12.5. The number of hydrazone groups is 1. The molecule has 0 radical (unpaired) electrons. The van der Waals surface area contributed by atoms with Crippen LogP contribution >= 0.6 is 0 Å². The fourth-order valence-electron chi connectivity index (χ4n) is 1.69. The molecule has 6 heteroatoms. The van der Waals surface area contributed by atoms with Crippen molar-refractivity contribution in [1.29, 1.82) is 0 Å². The molecule has 0 bridgehead atoms. The molecular formula is C15H15FN2O2S. The average Bonchev–Trinajstić information content (AvgIpc) is 2.43. The molecule has 0 heterocycles. The van der Waals surface area contributed by atoms with E-state index in [0.29, 0.717) is 5.56 Å². The largest absolute Gasteiger partial charge is 0.276 e. The molecule has 0 aliphatic heterocycles. The molecule has 0 atom stereocenters. The standard InChI is InChI=1S/C15H15FN2O2S/c1-11-3-7-15(8-4-11)21(19,20)18-17-10-13-9-14(16)6-5-12(13)2/h3-10,18H,1-2H3/b17-10-. The summed E-state index contributed by atoms with van der Waals surface area (Å²) in [4.78, 5) is 2.24. The molecule has 2 aromatic rings.